The van der Waals surface area contributed by atoms with Crippen LogP contribution in [0.4, 0.5) is 4.79 Å². The largest absolute Gasteiger partial charge is 0.496 e. The van der Waals surface area contributed by atoms with Crippen molar-refractivity contribution in [1.29, 1.82) is 0 Å². The van der Waals surface area contributed by atoms with Crippen molar-refractivity contribution in [2.45, 2.75) is 36.8 Å². The molecule has 3 rings (SSSR count). The average Bonchev–Trinajstić information content (AvgIpc) is 2.98. The van der Waals surface area contributed by atoms with E-state index in [0.29, 0.717) is 30.9 Å². The molecule has 2 heterocycles. The fourth-order valence-corrected chi connectivity index (χ4v) is 3.88. The summed E-state index contributed by atoms with van der Waals surface area (Å²) in [6, 6.07) is 5.82. The highest BCUT2D eigenvalue weighted by Crippen LogP contribution is 2.28. The highest BCUT2D eigenvalue weighted by Gasteiger charge is 2.36. The van der Waals surface area contributed by atoms with Gasteiger partial charge < -0.3 is 19.3 Å². The summed E-state index contributed by atoms with van der Waals surface area (Å²) in [7, 11) is 1.59. The van der Waals surface area contributed by atoms with E-state index in [4.69, 9.17) is 9.47 Å². The number of nitrogens with zero attached hydrogens (tertiary/aromatic N) is 2. The molecule has 1 aromatic carbocycles. The number of thioether (sulfide) groups is 1. The number of ether oxygens (including phenoxy) is 2. The monoisotopic (exact) mass is 364 g/mol. The maximum absolute atomic E-state index is 12.9. The maximum atomic E-state index is 12.9. The minimum Gasteiger partial charge on any atom is -0.496 e. The molecule has 2 amide bonds. The van der Waals surface area contributed by atoms with Crippen LogP contribution in [0.25, 0.3) is 0 Å². The molecule has 136 valence electrons. The Balaban J connectivity index is 1.65. The SMILES string of the molecule is COc1cc(SC)ccc1C(=O)N1CCC(N2CC(C)OC2=O)CC1. The van der Waals surface area contributed by atoms with Crippen LogP contribution in [0.15, 0.2) is 23.1 Å². The second-order valence-electron chi connectivity index (χ2n) is 6.44. The van der Waals surface area contributed by atoms with Gasteiger partial charge in [0.25, 0.3) is 5.91 Å². The minimum atomic E-state index is -0.230. The first-order valence-electron chi connectivity index (χ1n) is 8.52. The smallest absolute Gasteiger partial charge is 0.410 e. The van der Waals surface area contributed by atoms with Gasteiger partial charge >= 0.3 is 6.09 Å². The van der Waals surface area contributed by atoms with Gasteiger partial charge in [0.15, 0.2) is 0 Å². The Hall–Kier alpha value is -1.89. The molecule has 0 saturated carbocycles. The van der Waals surface area contributed by atoms with Crippen LogP contribution in [0.1, 0.15) is 30.1 Å². The second-order valence-corrected chi connectivity index (χ2v) is 7.32. The molecule has 0 bridgehead atoms. The lowest BCUT2D eigenvalue weighted by Gasteiger charge is -2.35. The number of hydrogen-bond donors (Lipinski definition) is 0. The lowest BCUT2D eigenvalue weighted by molar-refractivity contribution is 0.0655. The highest BCUT2D eigenvalue weighted by atomic mass is 32.2. The van der Waals surface area contributed by atoms with E-state index in [0.717, 1.165) is 17.7 Å². The number of amides is 2. The molecule has 0 N–H and O–H groups in total. The van der Waals surface area contributed by atoms with Gasteiger partial charge in [-0.1, -0.05) is 0 Å². The van der Waals surface area contributed by atoms with Crippen molar-refractivity contribution >= 4 is 23.8 Å². The third kappa shape index (κ3) is 3.71. The van der Waals surface area contributed by atoms with Gasteiger partial charge in [0.2, 0.25) is 0 Å². The number of likely N-dealkylation sites (tertiary alicyclic amines) is 1. The minimum absolute atomic E-state index is 0.0136. The molecule has 2 saturated heterocycles. The summed E-state index contributed by atoms with van der Waals surface area (Å²) in [5, 5.41) is 0. The number of methoxy groups -OCH3 is 1. The molecule has 1 aromatic rings. The third-order valence-electron chi connectivity index (χ3n) is 4.82. The Morgan fingerprint density at radius 3 is 2.60 bits per heavy atom. The number of carbonyl (C=O) groups excluding carboxylic acids is 2. The van der Waals surface area contributed by atoms with E-state index in [-0.39, 0.29) is 24.1 Å². The molecule has 2 aliphatic heterocycles. The summed E-state index contributed by atoms with van der Waals surface area (Å²) in [5.41, 5.74) is 0.591. The van der Waals surface area contributed by atoms with Crippen molar-refractivity contribution < 1.29 is 19.1 Å². The van der Waals surface area contributed by atoms with E-state index in [2.05, 4.69) is 0 Å². The van der Waals surface area contributed by atoms with Gasteiger partial charge in [0.05, 0.1) is 19.2 Å². The second kappa shape index (κ2) is 7.56. The van der Waals surface area contributed by atoms with Crippen molar-refractivity contribution in [2.75, 3.05) is 33.0 Å². The van der Waals surface area contributed by atoms with Gasteiger partial charge in [-0.15, -0.1) is 11.8 Å². The quantitative estimate of drug-likeness (QED) is 0.769. The van der Waals surface area contributed by atoms with Crippen LogP contribution in [0, 0.1) is 0 Å². The zero-order chi connectivity index (χ0) is 18.0. The summed E-state index contributed by atoms with van der Waals surface area (Å²) in [6.45, 7) is 3.81. The van der Waals surface area contributed by atoms with E-state index in [1.54, 1.807) is 23.8 Å². The predicted octanol–water partition coefficient (Wildman–Crippen LogP) is 2.86. The van der Waals surface area contributed by atoms with Crippen molar-refractivity contribution in [2.24, 2.45) is 0 Å². The molecule has 7 heteroatoms. The molecule has 0 spiro atoms. The fraction of sp³-hybridized carbons (Fsp3) is 0.556. The molecule has 1 unspecified atom stereocenters. The molecule has 0 radical (unpaired) electrons. The molecule has 6 nitrogen and oxygen atoms in total. The molecular formula is C18H24N2O4S. The molecule has 2 aliphatic rings. The number of cyclic esters (lactones) is 1. The summed E-state index contributed by atoms with van der Waals surface area (Å²) in [6.07, 6.45) is 3.26. The fourth-order valence-electron chi connectivity index (χ4n) is 3.45. The maximum Gasteiger partial charge on any atom is 0.410 e. The van der Waals surface area contributed by atoms with E-state index in [1.807, 2.05) is 36.3 Å². The molecule has 1 atom stereocenters. The third-order valence-corrected chi connectivity index (χ3v) is 5.55. The van der Waals surface area contributed by atoms with Crippen molar-refractivity contribution in [1.82, 2.24) is 9.80 Å². The van der Waals surface area contributed by atoms with Crippen molar-refractivity contribution in [3.05, 3.63) is 23.8 Å². The lowest BCUT2D eigenvalue weighted by atomic mass is 10.0. The molecule has 0 aliphatic carbocycles. The first-order chi connectivity index (χ1) is 12.0. The average molecular weight is 364 g/mol. The molecule has 25 heavy (non-hydrogen) atoms. The Bertz CT molecular complexity index is 658. The van der Waals surface area contributed by atoms with Crippen molar-refractivity contribution in [3.63, 3.8) is 0 Å². The zero-order valence-electron chi connectivity index (χ0n) is 14.9. The lowest BCUT2D eigenvalue weighted by Crippen LogP contribution is -2.47. The summed E-state index contributed by atoms with van der Waals surface area (Å²) in [4.78, 5) is 29.4. The summed E-state index contributed by atoms with van der Waals surface area (Å²) in [5.74, 6) is 0.594. The van der Waals surface area contributed by atoms with Crippen LogP contribution < -0.4 is 4.74 Å². The van der Waals surface area contributed by atoms with Crippen LogP contribution >= 0.6 is 11.8 Å². The van der Waals surface area contributed by atoms with E-state index in [9.17, 15) is 9.59 Å². The van der Waals surface area contributed by atoms with E-state index in [1.165, 1.54) is 0 Å². The van der Waals surface area contributed by atoms with Crippen LogP contribution in [0.2, 0.25) is 0 Å². The molecule has 0 aromatic heterocycles. The molecular weight excluding hydrogens is 340 g/mol. The van der Waals surface area contributed by atoms with Gasteiger partial charge in [0, 0.05) is 24.0 Å². The van der Waals surface area contributed by atoms with Crippen LogP contribution in [0.5, 0.6) is 5.75 Å². The van der Waals surface area contributed by atoms with E-state index >= 15 is 0 Å². The number of rotatable bonds is 4. The van der Waals surface area contributed by atoms with Crippen molar-refractivity contribution in [3.8, 4) is 5.75 Å². The first kappa shape index (κ1) is 17.9. The van der Waals surface area contributed by atoms with E-state index < -0.39 is 0 Å². The van der Waals surface area contributed by atoms with Crippen LogP contribution in [0.3, 0.4) is 0 Å². The Labute approximate surface area is 152 Å². The summed E-state index contributed by atoms with van der Waals surface area (Å²) < 4.78 is 10.6. The first-order valence-corrected chi connectivity index (χ1v) is 9.74. The Morgan fingerprint density at radius 1 is 1.32 bits per heavy atom. The van der Waals surface area contributed by atoms with Crippen LogP contribution in [-0.4, -0.2) is 66.9 Å². The number of hydrogen-bond acceptors (Lipinski definition) is 5. The number of piperidine rings is 1. The normalized spacial score (nSPS) is 21.4. The summed E-state index contributed by atoms with van der Waals surface area (Å²) >= 11 is 1.61. The zero-order valence-corrected chi connectivity index (χ0v) is 15.7. The Kier molecular flexibility index (Phi) is 5.42. The van der Waals surface area contributed by atoms with Gasteiger partial charge in [-0.2, -0.15) is 0 Å². The Morgan fingerprint density at radius 2 is 2.04 bits per heavy atom. The van der Waals surface area contributed by atoms with Gasteiger partial charge in [0.1, 0.15) is 11.9 Å². The highest BCUT2D eigenvalue weighted by molar-refractivity contribution is 7.98. The predicted molar refractivity (Wildman–Crippen MR) is 96.3 cm³/mol. The topological polar surface area (TPSA) is 59.1 Å². The number of carbonyl (C=O) groups is 2. The standard InChI is InChI=1S/C18H24N2O4S/c1-12-11-20(18(22)24-12)13-6-8-19(9-7-13)17(21)15-5-4-14(25-3)10-16(15)23-2/h4-5,10,12-13H,6-9,11H2,1-3H3. The molecule has 2 fully saturated rings. The van der Waals surface area contributed by atoms with Crippen LogP contribution in [-0.2, 0) is 4.74 Å². The van der Waals surface area contributed by atoms with Gasteiger partial charge in [-0.3, -0.25) is 4.79 Å². The van der Waals surface area contributed by atoms with Gasteiger partial charge in [-0.05, 0) is 44.2 Å². The number of benzene rings is 1. The van der Waals surface area contributed by atoms with Gasteiger partial charge in [-0.25, -0.2) is 4.79 Å².